The van der Waals surface area contributed by atoms with Gasteiger partial charge in [0, 0.05) is 30.8 Å². The highest BCUT2D eigenvalue weighted by atomic mass is 35.5. The third kappa shape index (κ3) is 5.27. The molecule has 2 aromatic rings. The van der Waals surface area contributed by atoms with E-state index in [1.807, 2.05) is 13.8 Å². The minimum Gasteiger partial charge on any atom is -0.489 e. The summed E-state index contributed by atoms with van der Waals surface area (Å²) in [5.74, 6) is -2.02. The van der Waals surface area contributed by atoms with Gasteiger partial charge in [-0.3, -0.25) is 9.59 Å². The summed E-state index contributed by atoms with van der Waals surface area (Å²) in [6.45, 7) is 4.42. The van der Waals surface area contributed by atoms with Crippen LogP contribution in [0.15, 0.2) is 36.4 Å². The van der Waals surface area contributed by atoms with Crippen LogP contribution in [0.5, 0.6) is 5.75 Å². The number of hydrogen-bond donors (Lipinski definition) is 1. The van der Waals surface area contributed by atoms with Crippen LogP contribution in [0.1, 0.15) is 37.0 Å². The van der Waals surface area contributed by atoms with Crippen LogP contribution in [0.3, 0.4) is 0 Å². The zero-order chi connectivity index (χ0) is 21.8. The number of carbonyl (C=O) groups excluding carboxylic acids is 2. The molecule has 0 radical (unpaired) electrons. The summed E-state index contributed by atoms with van der Waals surface area (Å²) in [6.07, 6.45) is 0.880. The molecular formula is C22H23ClF2N2O3. The molecule has 1 saturated heterocycles. The van der Waals surface area contributed by atoms with Gasteiger partial charge in [0.25, 0.3) is 5.91 Å². The number of rotatable bonds is 5. The van der Waals surface area contributed by atoms with Gasteiger partial charge in [-0.25, -0.2) is 8.78 Å². The lowest BCUT2D eigenvalue weighted by molar-refractivity contribution is -0.121. The zero-order valence-electron chi connectivity index (χ0n) is 16.8. The average Bonchev–Trinajstić information content (AvgIpc) is 2.69. The van der Waals surface area contributed by atoms with Crippen LogP contribution in [0.4, 0.5) is 14.5 Å². The number of nitrogens with zero attached hydrogens (tertiary/aromatic N) is 1. The number of nitrogens with one attached hydrogen (secondary N) is 1. The van der Waals surface area contributed by atoms with Crippen LogP contribution in [0, 0.1) is 17.6 Å². The number of benzene rings is 2. The lowest BCUT2D eigenvalue weighted by Crippen LogP contribution is -2.41. The highest BCUT2D eigenvalue weighted by Gasteiger charge is 2.29. The molecule has 1 aliphatic rings. The number of ether oxygens (including phenoxy) is 1. The van der Waals surface area contributed by atoms with E-state index in [0.29, 0.717) is 48.5 Å². The van der Waals surface area contributed by atoms with Gasteiger partial charge in [-0.2, -0.15) is 0 Å². The Morgan fingerprint density at radius 3 is 2.43 bits per heavy atom. The molecule has 1 aliphatic heterocycles. The van der Waals surface area contributed by atoms with Gasteiger partial charge in [-0.15, -0.1) is 0 Å². The summed E-state index contributed by atoms with van der Waals surface area (Å²) in [5.41, 5.74) is 0.394. The fraction of sp³-hybridized carbons (Fsp3) is 0.364. The van der Waals surface area contributed by atoms with Crippen molar-refractivity contribution in [3.05, 3.63) is 58.6 Å². The van der Waals surface area contributed by atoms with Gasteiger partial charge in [0.1, 0.15) is 17.4 Å². The molecule has 160 valence electrons. The zero-order valence-corrected chi connectivity index (χ0v) is 17.5. The van der Waals surface area contributed by atoms with Crippen LogP contribution in [-0.4, -0.2) is 35.9 Å². The van der Waals surface area contributed by atoms with Crippen LogP contribution in [-0.2, 0) is 4.79 Å². The summed E-state index contributed by atoms with van der Waals surface area (Å²) < 4.78 is 32.5. The SMILES string of the molecule is CC(C)Oc1ccc(NC(=O)C2CCN(C(=O)c3ccc(F)cc3F)CC2)cc1Cl. The Bertz CT molecular complexity index is 944. The molecule has 0 unspecified atom stereocenters. The fourth-order valence-corrected chi connectivity index (χ4v) is 3.58. The fourth-order valence-electron chi connectivity index (χ4n) is 3.35. The first kappa shape index (κ1) is 22.0. The molecule has 2 aromatic carbocycles. The molecule has 1 fully saturated rings. The molecule has 0 aliphatic carbocycles. The van der Waals surface area contributed by atoms with Gasteiger partial charge in [-0.05, 0) is 57.0 Å². The summed E-state index contributed by atoms with van der Waals surface area (Å²) in [4.78, 5) is 26.6. The van der Waals surface area contributed by atoms with E-state index in [1.54, 1.807) is 18.2 Å². The summed E-state index contributed by atoms with van der Waals surface area (Å²) in [7, 11) is 0. The van der Waals surface area contributed by atoms with E-state index in [0.717, 1.165) is 12.1 Å². The first-order valence-electron chi connectivity index (χ1n) is 9.76. The van der Waals surface area contributed by atoms with E-state index < -0.39 is 17.5 Å². The number of likely N-dealkylation sites (tertiary alicyclic amines) is 1. The van der Waals surface area contributed by atoms with Gasteiger partial charge in [-0.1, -0.05) is 11.6 Å². The van der Waals surface area contributed by atoms with E-state index in [2.05, 4.69) is 5.32 Å². The summed E-state index contributed by atoms with van der Waals surface area (Å²) in [6, 6.07) is 7.94. The second-order valence-electron chi connectivity index (χ2n) is 7.49. The van der Waals surface area contributed by atoms with Gasteiger partial charge >= 0.3 is 0 Å². The molecule has 1 heterocycles. The molecule has 3 rings (SSSR count). The van der Waals surface area contributed by atoms with Crippen molar-refractivity contribution in [3.8, 4) is 5.75 Å². The molecule has 5 nitrogen and oxygen atoms in total. The Labute approximate surface area is 179 Å². The highest BCUT2D eigenvalue weighted by Crippen LogP contribution is 2.29. The van der Waals surface area contributed by atoms with Gasteiger partial charge in [0.2, 0.25) is 5.91 Å². The van der Waals surface area contributed by atoms with Crippen LogP contribution in [0.2, 0.25) is 5.02 Å². The maximum absolute atomic E-state index is 13.9. The third-order valence-corrected chi connectivity index (χ3v) is 5.17. The second-order valence-corrected chi connectivity index (χ2v) is 7.90. The largest absolute Gasteiger partial charge is 0.489 e. The minimum absolute atomic E-state index is 0.0146. The Balaban J connectivity index is 1.56. The number of carbonyl (C=O) groups is 2. The lowest BCUT2D eigenvalue weighted by Gasteiger charge is -2.31. The van der Waals surface area contributed by atoms with Gasteiger partial charge < -0.3 is 15.0 Å². The molecule has 0 spiro atoms. The standard InChI is InChI=1S/C22H23ClF2N2O3/c1-13(2)30-20-6-4-16(12-18(20)23)26-21(28)14-7-9-27(10-8-14)22(29)17-5-3-15(24)11-19(17)25/h3-6,11-14H,7-10H2,1-2H3,(H,26,28). The Morgan fingerprint density at radius 2 is 1.83 bits per heavy atom. The molecule has 0 aromatic heterocycles. The lowest BCUT2D eigenvalue weighted by atomic mass is 9.95. The van der Waals surface area contributed by atoms with Crippen molar-refractivity contribution in [2.45, 2.75) is 32.8 Å². The molecule has 2 amide bonds. The Hall–Kier alpha value is -2.67. The smallest absolute Gasteiger partial charge is 0.256 e. The molecule has 0 atom stereocenters. The van der Waals surface area contributed by atoms with Crippen molar-refractivity contribution in [2.75, 3.05) is 18.4 Å². The normalized spacial score (nSPS) is 14.7. The van der Waals surface area contributed by atoms with Crippen LogP contribution in [0.25, 0.3) is 0 Å². The van der Waals surface area contributed by atoms with E-state index in [1.165, 1.54) is 4.90 Å². The third-order valence-electron chi connectivity index (χ3n) is 4.88. The predicted octanol–water partition coefficient (Wildman–Crippen LogP) is 4.90. The van der Waals surface area contributed by atoms with Gasteiger partial charge in [0.05, 0.1) is 16.7 Å². The summed E-state index contributed by atoms with van der Waals surface area (Å²) >= 11 is 6.20. The molecule has 1 N–H and O–H groups in total. The number of piperidine rings is 1. The molecule has 0 saturated carbocycles. The predicted molar refractivity (Wildman–Crippen MR) is 111 cm³/mol. The topological polar surface area (TPSA) is 58.6 Å². The van der Waals surface area contributed by atoms with Crippen molar-refractivity contribution < 1.29 is 23.1 Å². The van der Waals surface area contributed by atoms with Crippen molar-refractivity contribution in [1.29, 1.82) is 0 Å². The van der Waals surface area contributed by atoms with Crippen molar-refractivity contribution >= 4 is 29.1 Å². The number of amides is 2. The van der Waals surface area contributed by atoms with Crippen molar-refractivity contribution in [1.82, 2.24) is 4.90 Å². The molecule has 30 heavy (non-hydrogen) atoms. The highest BCUT2D eigenvalue weighted by molar-refractivity contribution is 6.32. The van der Waals surface area contributed by atoms with E-state index in [4.69, 9.17) is 16.3 Å². The average molecular weight is 437 g/mol. The number of anilines is 1. The monoisotopic (exact) mass is 436 g/mol. The Kier molecular flexibility index (Phi) is 6.92. The first-order chi connectivity index (χ1) is 14.2. The van der Waals surface area contributed by atoms with E-state index >= 15 is 0 Å². The van der Waals surface area contributed by atoms with Crippen molar-refractivity contribution in [3.63, 3.8) is 0 Å². The second kappa shape index (κ2) is 9.43. The van der Waals surface area contributed by atoms with E-state index in [9.17, 15) is 18.4 Å². The van der Waals surface area contributed by atoms with Crippen molar-refractivity contribution in [2.24, 2.45) is 5.92 Å². The minimum atomic E-state index is -0.887. The van der Waals surface area contributed by atoms with Crippen LogP contribution >= 0.6 is 11.6 Å². The molecular weight excluding hydrogens is 414 g/mol. The van der Waals surface area contributed by atoms with Crippen LogP contribution < -0.4 is 10.1 Å². The van der Waals surface area contributed by atoms with Gasteiger partial charge in [0.15, 0.2) is 0 Å². The number of hydrogen-bond acceptors (Lipinski definition) is 3. The first-order valence-corrected chi connectivity index (χ1v) is 10.1. The maximum atomic E-state index is 13.9. The molecule has 8 heteroatoms. The quantitative estimate of drug-likeness (QED) is 0.725. The maximum Gasteiger partial charge on any atom is 0.256 e. The number of halogens is 3. The van der Waals surface area contributed by atoms with E-state index in [-0.39, 0.29) is 23.5 Å². The summed E-state index contributed by atoms with van der Waals surface area (Å²) in [5, 5.41) is 3.25. The Morgan fingerprint density at radius 1 is 1.13 bits per heavy atom. The molecule has 0 bridgehead atoms.